The predicted octanol–water partition coefficient (Wildman–Crippen LogP) is 4.23. The zero-order chi connectivity index (χ0) is 12.2. The van der Waals surface area contributed by atoms with Crippen molar-refractivity contribution in [2.45, 2.75) is 72.3 Å². The van der Waals surface area contributed by atoms with Crippen molar-refractivity contribution in [2.24, 2.45) is 17.8 Å². The standard InChI is InChI=1S/C15H31N/c1-12(2)7-6-8-13-9-10-14(13)11-16-15(3,4)5/h12-14,16H,6-11H2,1-5H3. The normalized spacial score (nSPS) is 25.9. The van der Waals surface area contributed by atoms with E-state index >= 15 is 0 Å². The lowest BCUT2D eigenvalue weighted by Crippen LogP contribution is -2.43. The molecule has 0 saturated heterocycles. The van der Waals surface area contributed by atoms with E-state index < -0.39 is 0 Å². The molecule has 1 nitrogen and oxygen atoms in total. The van der Waals surface area contributed by atoms with E-state index in [1.807, 2.05) is 0 Å². The van der Waals surface area contributed by atoms with E-state index in [9.17, 15) is 0 Å². The van der Waals surface area contributed by atoms with Crippen LogP contribution >= 0.6 is 0 Å². The van der Waals surface area contributed by atoms with Crippen molar-refractivity contribution in [3.8, 4) is 0 Å². The fourth-order valence-electron chi connectivity index (χ4n) is 2.51. The van der Waals surface area contributed by atoms with E-state index in [-0.39, 0.29) is 5.54 Å². The second kappa shape index (κ2) is 6.05. The summed E-state index contributed by atoms with van der Waals surface area (Å²) in [6.45, 7) is 12.7. The first kappa shape index (κ1) is 14.0. The summed E-state index contributed by atoms with van der Waals surface area (Å²) < 4.78 is 0. The lowest BCUT2D eigenvalue weighted by atomic mass is 9.71. The number of nitrogens with one attached hydrogen (secondary N) is 1. The van der Waals surface area contributed by atoms with Crippen molar-refractivity contribution in [1.29, 1.82) is 0 Å². The van der Waals surface area contributed by atoms with Crippen LogP contribution in [0.15, 0.2) is 0 Å². The second-order valence-corrected chi connectivity index (χ2v) is 7.05. The Morgan fingerprint density at radius 1 is 1.12 bits per heavy atom. The molecule has 1 N–H and O–H groups in total. The molecule has 0 radical (unpaired) electrons. The van der Waals surface area contributed by atoms with Crippen LogP contribution in [0.1, 0.15) is 66.7 Å². The van der Waals surface area contributed by atoms with Gasteiger partial charge >= 0.3 is 0 Å². The van der Waals surface area contributed by atoms with Crippen LogP contribution in [-0.2, 0) is 0 Å². The molecule has 0 aromatic carbocycles. The first-order valence-corrected chi connectivity index (χ1v) is 7.13. The van der Waals surface area contributed by atoms with Crippen molar-refractivity contribution in [1.82, 2.24) is 5.32 Å². The quantitative estimate of drug-likeness (QED) is 0.713. The second-order valence-electron chi connectivity index (χ2n) is 7.05. The van der Waals surface area contributed by atoms with Gasteiger partial charge in [0.15, 0.2) is 0 Å². The summed E-state index contributed by atoms with van der Waals surface area (Å²) in [5.74, 6) is 2.87. The summed E-state index contributed by atoms with van der Waals surface area (Å²) in [4.78, 5) is 0. The van der Waals surface area contributed by atoms with Gasteiger partial charge in [-0.25, -0.2) is 0 Å². The van der Waals surface area contributed by atoms with Crippen LogP contribution in [0.2, 0.25) is 0 Å². The highest BCUT2D eigenvalue weighted by molar-refractivity contribution is 4.84. The highest BCUT2D eigenvalue weighted by atomic mass is 14.9. The van der Waals surface area contributed by atoms with E-state index in [1.54, 1.807) is 0 Å². The molecule has 0 amide bonds. The van der Waals surface area contributed by atoms with Gasteiger partial charge in [0.25, 0.3) is 0 Å². The minimum atomic E-state index is 0.290. The summed E-state index contributed by atoms with van der Waals surface area (Å²) in [6.07, 6.45) is 7.25. The minimum Gasteiger partial charge on any atom is -0.312 e. The first-order chi connectivity index (χ1) is 7.38. The largest absolute Gasteiger partial charge is 0.312 e. The summed E-state index contributed by atoms with van der Waals surface area (Å²) >= 11 is 0. The Balaban J connectivity index is 2.11. The summed E-state index contributed by atoms with van der Waals surface area (Å²) in [5, 5.41) is 3.65. The van der Waals surface area contributed by atoms with Crippen molar-refractivity contribution >= 4 is 0 Å². The zero-order valence-corrected chi connectivity index (χ0v) is 12.0. The highest BCUT2D eigenvalue weighted by Crippen LogP contribution is 2.37. The minimum absolute atomic E-state index is 0.290. The Morgan fingerprint density at radius 2 is 1.75 bits per heavy atom. The smallest absolute Gasteiger partial charge is 0.00966 e. The average Bonchev–Trinajstić information content (AvgIpc) is 2.08. The Bertz CT molecular complexity index is 190. The molecule has 1 aliphatic carbocycles. The van der Waals surface area contributed by atoms with E-state index in [2.05, 4.69) is 39.9 Å². The Kier molecular flexibility index (Phi) is 5.30. The third kappa shape index (κ3) is 5.34. The van der Waals surface area contributed by atoms with Crippen LogP contribution in [0.25, 0.3) is 0 Å². The zero-order valence-electron chi connectivity index (χ0n) is 12.0. The van der Waals surface area contributed by atoms with Crippen LogP contribution in [0.3, 0.4) is 0 Å². The van der Waals surface area contributed by atoms with Crippen LogP contribution < -0.4 is 5.32 Å². The molecule has 0 bridgehead atoms. The summed E-state index contributed by atoms with van der Waals surface area (Å²) in [6, 6.07) is 0. The van der Waals surface area contributed by atoms with E-state index in [0.29, 0.717) is 0 Å². The Hall–Kier alpha value is -0.0400. The van der Waals surface area contributed by atoms with Gasteiger partial charge in [-0.2, -0.15) is 0 Å². The molecule has 1 heteroatoms. The molecule has 1 rings (SSSR count). The Morgan fingerprint density at radius 3 is 2.19 bits per heavy atom. The molecule has 0 aromatic heterocycles. The van der Waals surface area contributed by atoms with Crippen molar-refractivity contribution < 1.29 is 0 Å². The van der Waals surface area contributed by atoms with Crippen LogP contribution in [0, 0.1) is 17.8 Å². The maximum absolute atomic E-state index is 3.65. The molecule has 2 unspecified atom stereocenters. The van der Waals surface area contributed by atoms with Crippen LogP contribution in [-0.4, -0.2) is 12.1 Å². The monoisotopic (exact) mass is 225 g/mol. The summed E-state index contributed by atoms with van der Waals surface area (Å²) in [5.41, 5.74) is 0.290. The SMILES string of the molecule is CC(C)CCCC1CCC1CNC(C)(C)C. The van der Waals surface area contributed by atoms with Gasteiger partial charge in [0.2, 0.25) is 0 Å². The predicted molar refractivity (Wildman–Crippen MR) is 72.7 cm³/mol. The average molecular weight is 225 g/mol. The molecule has 0 spiro atoms. The maximum Gasteiger partial charge on any atom is 0.00966 e. The third-order valence-electron chi connectivity index (χ3n) is 3.83. The fourth-order valence-corrected chi connectivity index (χ4v) is 2.51. The van der Waals surface area contributed by atoms with Gasteiger partial charge in [-0.1, -0.05) is 33.1 Å². The van der Waals surface area contributed by atoms with Crippen molar-refractivity contribution in [3.63, 3.8) is 0 Å². The topological polar surface area (TPSA) is 12.0 Å². The number of rotatable bonds is 6. The molecular formula is C15H31N. The van der Waals surface area contributed by atoms with E-state index in [0.717, 1.165) is 17.8 Å². The molecule has 1 aliphatic rings. The van der Waals surface area contributed by atoms with E-state index in [4.69, 9.17) is 0 Å². The molecule has 0 aliphatic heterocycles. The molecule has 1 fully saturated rings. The maximum atomic E-state index is 3.65. The molecular weight excluding hydrogens is 194 g/mol. The molecule has 0 heterocycles. The number of hydrogen-bond acceptors (Lipinski definition) is 1. The molecule has 96 valence electrons. The van der Waals surface area contributed by atoms with Gasteiger partial charge in [-0.3, -0.25) is 0 Å². The van der Waals surface area contributed by atoms with Gasteiger partial charge in [0.05, 0.1) is 0 Å². The lowest BCUT2D eigenvalue weighted by molar-refractivity contribution is 0.145. The molecule has 0 aromatic rings. The van der Waals surface area contributed by atoms with Crippen molar-refractivity contribution in [2.75, 3.05) is 6.54 Å². The van der Waals surface area contributed by atoms with Crippen LogP contribution in [0.5, 0.6) is 0 Å². The lowest BCUT2D eigenvalue weighted by Gasteiger charge is -2.39. The fraction of sp³-hybridized carbons (Fsp3) is 1.00. The van der Waals surface area contributed by atoms with Crippen LogP contribution in [0.4, 0.5) is 0 Å². The molecule has 1 saturated carbocycles. The van der Waals surface area contributed by atoms with Gasteiger partial charge < -0.3 is 5.32 Å². The Labute approximate surface area is 102 Å². The van der Waals surface area contributed by atoms with Crippen molar-refractivity contribution in [3.05, 3.63) is 0 Å². The van der Waals surface area contributed by atoms with Gasteiger partial charge in [0, 0.05) is 5.54 Å². The highest BCUT2D eigenvalue weighted by Gasteiger charge is 2.30. The number of hydrogen-bond donors (Lipinski definition) is 1. The molecule has 2 atom stereocenters. The summed E-state index contributed by atoms with van der Waals surface area (Å²) in [7, 11) is 0. The first-order valence-electron chi connectivity index (χ1n) is 7.13. The third-order valence-corrected chi connectivity index (χ3v) is 3.83. The van der Waals surface area contributed by atoms with Gasteiger partial charge in [0.1, 0.15) is 0 Å². The van der Waals surface area contributed by atoms with E-state index in [1.165, 1.54) is 38.6 Å². The van der Waals surface area contributed by atoms with Gasteiger partial charge in [-0.05, 0) is 57.9 Å². The molecule has 16 heavy (non-hydrogen) atoms. The van der Waals surface area contributed by atoms with Gasteiger partial charge in [-0.15, -0.1) is 0 Å².